The summed E-state index contributed by atoms with van der Waals surface area (Å²) in [5, 5.41) is 18.6. The van der Waals surface area contributed by atoms with E-state index in [1.54, 1.807) is 25.4 Å². The summed E-state index contributed by atoms with van der Waals surface area (Å²) < 4.78 is 5.06. The lowest BCUT2D eigenvalue weighted by Gasteiger charge is -2.28. The number of para-hydroxylation sites is 1. The number of ether oxygens (including phenoxy) is 1. The van der Waals surface area contributed by atoms with Gasteiger partial charge in [0, 0.05) is 44.5 Å². The third kappa shape index (κ3) is 5.20. The molecule has 1 atom stereocenters. The summed E-state index contributed by atoms with van der Waals surface area (Å²) in [6.07, 6.45) is 6.47. The number of nitrogen functional groups attached to an aromatic ring is 1. The van der Waals surface area contributed by atoms with Gasteiger partial charge in [-0.15, -0.1) is 10.2 Å². The third-order valence-electron chi connectivity index (χ3n) is 5.77. The Morgan fingerprint density at radius 3 is 2.85 bits per heavy atom. The van der Waals surface area contributed by atoms with Crippen LogP contribution in [0.4, 0.5) is 17.3 Å². The number of aromatic nitrogens is 4. The zero-order chi connectivity index (χ0) is 23.2. The standard InChI is InChI=1S/C24H29N7O2/c1-17-10-12-30(13-14-31(17)23-9-11-26-22(27-23)8-5-15-33-2)20-16-19(28-29-24(20)25)18-6-3-4-7-21(18)32/h3-9,11,16-17,32H,10,12-15H2,1-2H3,(H2,25,29)/b8-5+/t17-/m0/s1. The minimum absolute atomic E-state index is 0.164. The second kappa shape index (κ2) is 10.3. The van der Waals surface area contributed by atoms with Gasteiger partial charge in [-0.2, -0.15) is 0 Å². The van der Waals surface area contributed by atoms with Crippen LogP contribution >= 0.6 is 0 Å². The molecular formula is C24H29N7O2. The molecule has 0 radical (unpaired) electrons. The minimum Gasteiger partial charge on any atom is -0.507 e. The Morgan fingerprint density at radius 2 is 2.03 bits per heavy atom. The third-order valence-corrected chi connectivity index (χ3v) is 5.77. The molecule has 1 aliphatic rings. The first-order chi connectivity index (χ1) is 16.1. The van der Waals surface area contributed by atoms with Gasteiger partial charge in [-0.25, -0.2) is 9.97 Å². The normalized spacial score (nSPS) is 16.8. The lowest BCUT2D eigenvalue weighted by Crippen LogP contribution is -2.35. The summed E-state index contributed by atoms with van der Waals surface area (Å²) in [6.45, 7) is 5.06. The number of nitrogens with two attached hydrogens (primary N) is 1. The van der Waals surface area contributed by atoms with Gasteiger partial charge in [0.25, 0.3) is 0 Å². The number of aromatic hydroxyl groups is 1. The molecule has 0 amide bonds. The van der Waals surface area contributed by atoms with Crippen LogP contribution in [0, 0.1) is 0 Å². The van der Waals surface area contributed by atoms with Crippen LogP contribution in [0.1, 0.15) is 19.2 Å². The van der Waals surface area contributed by atoms with Gasteiger partial charge in [0.1, 0.15) is 11.6 Å². The molecule has 0 saturated carbocycles. The van der Waals surface area contributed by atoms with Crippen molar-refractivity contribution in [3.05, 3.63) is 54.5 Å². The highest BCUT2D eigenvalue weighted by Gasteiger charge is 2.24. The van der Waals surface area contributed by atoms with Crippen LogP contribution in [-0.4, -0.2) is 64.7 Å². The lowest BCUT2D eigenvalue weighted by molar-refractivity contribution is 0.234. The maximum absolute atomic E-state index is 10.2. The van der Waals surface area contributed by atoms with Gasteiger partial charge in [-0.1, -0.05) is 18.2 Å². The minimum atomic E-state index is 0.164. The van der Waals surface area contributed by atoms with E-state index in [1.165, 1.54) is 0 Å². The van der Waals surface area contributed by atoms with Crippen molar-refractivity contribution in [2.75, 3.05) is 48.9 Å². The summed E-state index contributed by atoms with van der Waals surface area (Å²) in [7, 11) is 1.66. The van der Waals surface area contributed by atoms with E-state index < -0.39 is 0 Å². The Balaban J connectivity index is 1.55. The average molecular weight is 448 g/mol. The molecule has 9 heteroatoms. The van der Waals surface area contributed by atoms with E-state index in [-0.39, 0.29) is 11.8 Å². The van der Waals surface area contributed by atoms with Crippen molar-refractivity contribution < 1.29 is 9.84 Å². The molecule has 0 unspecified atom stereocenters. The number of phenolic OH excluding ortho intramolecular Hbond substituents is 1. The Kier molecular flexibility index (Phi) is 6.99. The summed E-state index contributed by atoms with van der Waals surface area (Å²) in [6, 6.07) is 11.2. The highest BCUT2D eigenvalue weighted by Crippen LogP contribution is 2.32. The molecule has 2 aromatic heterocycles. The van der Waals surface area contributed by atoms with Crippen molar-refractivity contribution in [3.8, 4) is 17.0 Å². The van der Waals surface area contributed by atoms with E-state index in [0.717, 1.165) is 37.6 Å². The molecule has 1 aromatic carbocycles. The number of phenols is 1. The molecule has 1 aliphatic heterocycles. The molecule has 33 heavy (non-hydrogen) atoms. The fraction of sp³-hybridized carbons (Fsp3) is 0.333. The second-order valence-electron chi connectivity index (χ2n) is 7.97. The number of hydrogen-bond donors (Lipinski definition) is 2. The number of methoxy groups -OCH3 is 1. The summed E-state index contributed by atoms with van der Waals surface area (Å²) in [4.78, 5) is 13.6. The maximum atomic E-state index is 10.2. The summed E-state index contributed by atoms with van der Waals surface area (Å²) >= 11 is 0. The van der Waals surface area contributed by atoms with Gasteiger partial charge in [-0.3, -0.25) is 0 Å². The fourth-order valence-electron chi connectivity index (χ4n) is 3.96. The molecule has 0 aliphatic carbocycles. The van der Waals surface area contributed by atoms with Crippen LogP contribution in [0.15, 0.2) is 48.7 Å². The number of nitrogens with zero attached hydrogens (tertiary/aromatic N) is 6. The van der Waals surface area contributed by atoms with E-state index in [9.17, 15) is 5.11 Å². The molecule has 0 spiro atoms. The van der Waals surface area contributed by atoms with Gasteiger partial charge in [0.15, 0.2) is 11.6 Å². The molecule has 3 heterocycles. The Morgan fingerprint density at radius 1 is 1.18 bits per heavy atom. The van der Waals surface area contributed by atoms with E-state index in [4.69, 9.17) is 15.5 Å². The monoisotopic (exact) mass is 447 g/mol. The maximum Gasteiger partial charge on any atom is 0.169 e. The first-order valence-corrected chi connectivity index (χ1v) is 11.0. The number of hydrogen-bond acceptors (Lipinski definition) is 9. The van der Waals surface area contributed by atoms with Crippen LogP contribution in [0.25, 0.3) is 17.3 Å². The van der Waals surface area contributed by atoms with Gasteiger partial charge >= 0.3 is 0 Å². The zero-order valence-electron chi connectivity index (χ0n) is 18.9. The Labute approximate surface area is 193 Å². The highest BCUT2D eigenvalue weighted by molar-refractivity contribution is 5.74. The van der Waals surface area contributed by atoms with Crippen molar-refractivity contribution in [2.45, 2.75) is 19.4 Å². The van der Waals surface area contributed by atoms with Crippen molar-refractivity contribution in [1.29, 1.82) is 0 Å². The van der Waals surface area contributed by atoms with Crippen LogP contribution in [-0.2, 0) is 4.74 Å². The van der Waals surface area contributed by atoms with E-state index in [1.807, 2.05) is 36.4 Å². The second-order valence-corrected chi connectivity index (χ2v) is 7.97. The molecule has 9 nitrogen and oxygen atoms in total. The van der Waals surface area contributed by atoms with E-state index in [0.29, 0.717) is 29.5 Å². The summed E-state index contributed by atoms with van der Waals surface area (Å²) in [5.41, 5.74) is 8.26. The molecule has 0 bridgehead atoms. The topological polar surface area (TPSA) is 114 Å². The predicted molar refractivity (Wildman–Crippen MR) is 130 cm³/mol. The quantitative estimate of drug-likeness (QED) is 0.588. The van der Waals surface area contributed by atoms with Gasteiger partial charge in [0.2, 0.25) is 0 Å². The zero-order valence-corrected chi connectivity index (χ0v) is 18.9. The Hall–Kier alpha value is -3.72. The molecule has 1 fully saturated rings. The SMILES string of the molecule is COC/C=C/c1nccc(N2CCN(c3cc(-c4ccccc4O)nnc3N)CC[C@@H]2C)n1. The molecular weight excluding hydrogens is 418 g/mol. The number of rotatable bonds is 6. The van der Waals surface area contributed by atoms with Crippen LogP contribution < -0.4 is 15.5 Å². The molecule has 1 saturated heterocycles. The first-order valence-electron chi connectivity index (χ1n) is 11.0. The molecule has 172 valence electrons. The summed E-state index contributed by atoms with van der Waals surface area (Å²) in [5.74, 6) is 2.10. The van der Waals surface area contributed by atoms with Crippen molar-refractivity contribution in [1.82, 2.24) is 20.2 Å². The van der Waals surface area contributed by atoms with Gasteiger partial charge < -0.3 is 25.4 Å². The molecule has 3 aromatic rings. The number of benzene rings is 1. The van der Waals surface area contributed by atoms with Gasteiger partial charge in [-0.05, 0) is 43.7 Å². The largest absolute Gasteiger partial charge is 0.507 e. The average Bonchev–Trinajstić information content (AvgIpc) is 3.02. The molecule has 3 N–H and O–H groups in total. The lowest BCUT2D eigenvalue weighted by atomic mass is 10.1. The van der Waals surface area contributed by atoms with Crippen molar-refractivity contribution in [3.63, 3.8) is 0 Å². The van der Waals surface area contributed by atoms with E-state index in [2.05, 4.69) is 31.9 Å². The van der Waals surface area contributed by atoms with Crippen molar-refractivity contribution >= 4 is 23.4 Å². The predicted octanol–water partition coefficient (Wildman–Crippen LogP) is 2.99. The van der Waals surface area contributed by atoms with Crippen molar-refractivity contribution in [2.24, 2.45) is 0 Å². The molecule has 4 rings (SSSR count). The van der Waals surface area contributed by atoms with Crippen LogP contribution in [0.3, 0.4) is 0 Å². The fourth-order valence-corrected chi connectivity index (χ4v) is 3.96. The van der Waals surface area contributed by atoms with Crippen LogP contribution in [0.2, 0.25) is 0 Å². The first kappa shape index (κ1) is 22.5. The highest BCUT2D eigenvalue weighted by atomic mass is 16.5. The van der Waals surface area contributed by atoms with Crippen LogP contribution in [0.5, 0.6) is 5.75 Å². The Bertz CT molecular complexity index is 1120. The number of anilines is 3. The van der Waals surface area contributed by atoms with E-state index >= 15 is 0 Å². The smallest absolute Gasteiger partial charge is 0.169 e. The van der Waals surface area contributed by atoms with Gasteiger partial charge in [0.05, 0.1) is 18.0 Å².